The fourth-order valence-electron chi connectivity index (χ4n) is 2.98. The molecule has 2 rings (SSSR count). The molecule has 1 unspecified atom stereocenters. The summed E-state index contributed by atoms with van der Waals surface area (Å²) in [5, 5.41) is 0. The van der Waals surface area contributed by atoms with Gasteiger partial charge >= 0.3 is 0 Å². The van der Waals surface area contributed by atoms with Crippen molar-refractivity contribution >= 4 is 15.9 Å². The number of benzene rings is 1. The number of halogens is 1. The molecule has 0 amide bonds. The molecule has 0 aliphatic heterocycles. The quantitative estimate of drug-likeness (QED) is 0.713. The van der Waals surface area contributed by atoms with E-state index in [1.165, 1.54) is 37.7 Å². The van der Waals surface area contributed by atoms with Crippen LogP contribution in [-0.2, 0) is 6.42 Å². The van der Waals surface area contributed by atoms with Gasteiger partial charge in [0.15, 0.2) is 0 Å². The number of rotatable bonds is 4. The first-order valence-corrected chi connectivity index (χ1v) is 7.83. The van der Waals surface area contributed by atoms with Gasteiger partial charge in [0, 0.05) is 4.83 Å². The highest BCUT2D eigenvalue weighted by atomic mass is 79.9. The minimum Gasteiger partial charge on any atom is -0.496 e. The first-order valence-electron chi connectivity index (χ1n) is 6.92. The second kappa shape index (κ2) is 6.10. The van der Waals surface area contributed by atoms with Crippen LogP contribution in [-0.4, -0.2) is 11.9 Å². The Bertz CT molecular complexity index is 382. The van der Waals surface area contributed by atoms with Gasteiger partial charge in [0.1, 0.15) is 5.75 Å². The summed E-state index contributed by atoms with van der Waals surface area (Å²) in [6.45, 7) is 2.43. The molecule has 1 aromatic carbocycles. The van der Waals surface area contributed by atoms with Crippen LogP contribution in [0.15, 0.2) is 24.3 Å². The Balaban J connectivity index is 2.08. The van der Waals surface area contributed by atoms with Crippen LogP contribution in [0.5, 0.6) is 5.75 Å². The van der Waals surface area contributed by atoms with Crippen molar-refractivity contribution in [3.63, 3.8) is 0 Å². The molecule has 1 aliphatic carbocycles. The van der Waals surface area contributed by atoms with Crippen molar-refractivity contribution in [3.05, 3.63) is 29.8 Å². The molecule has 0 saturated heterocycles. The van der Waals surface area contributed by atoms with Gasteiger partial charge in [0.05, 0.1) is 7.11 Å². The first kappa shape index (κ1) is 13.9. The summed E-state index contributed by atoms with van der Waals surface area (Å²) in [6.07, 6.45) is 7.91. The third kappa shape index (κ3) is 3.09. The molecule has 0 radical (unpaired) electrons. The van der Waals surface area contributed by atoms with Crippen molar-refractivity contribution in [3.8, 4) is 5.75 Å². The number of ether oxygens (including phenoxy) is 1. The zero-order valence-corrected chi connectivity index (χ0v) is 13.0. The molecular weight excluding hydrogens is 288 g/mol. The molecule has 1 atom stereocenters. The van der Waals surface area contributed by atoms with Gasteiger partial charge in [-0.25, -0.2) is 0 Å². The van der Waals surface area contributed by atoms with Crippen LogP contribution < -0.4 is 4.74 Å². The van der Waals surface area contributed by atoms with Gasteiger partial charge in [-0.2, -0.15) is 0 Å². The van der Waals surface area contributed by atoms with Crippen LogP contribution in [0.3, 0.4) is 0 Å². The summed E-state index contributed by atoms with van der Waals surface area (Å²) >= 11 is 3.94. The van der Waals surface area contributed by atoms with Gasteiger partial charge in [0.2, 0.25) is 0 Å². The van der Waals surface area contributed by atoms with Crippen LogP contribution in [0, 0.1) is 5.41 Å². The smallest absolute Gasteiger partial charge is 0.122 e. The van der Waals surface area contributed by atoms with E-state index in [-0.39, 0.29) is 0 Å². The predicted octanol–water partition coefficient (Wildman–Crippen LogP) is 4.97. The van der Waals surface area contributed by atoms with Gasteiger partial charge < -0.3 is 4.74 Å². The van der Waals surface area contributed by atoms with Crippen molar-refractivity contribution in [2.24, 2.45) is 5.41 Å². The molecule has 1 fully saturated rings. The van der Waals surface area contributed by atoms with E-state index < -0.39 is 0 Å². The van der Waals surface area contributed by atoms with Crippen molar-refractivity contribution in [2.45, 2.75) is 50.3 Å². The second-order valence-corrected chi connectivity index (χ2v) is 6.80. The van der Waals surface area contributed by atoms with E-state index in [0.717, 1.165) is 12.2 Å². The Hall–Kier alpha value is -0.500. The molecule has 1 saturated carbocycles. The Morgan fingerprint density at radius 2 is 1.89 bits per heavy atom. The largest absolute Gasteiger partial charge is 0.496 e. The van der Waals surface area contributed by atoms with Crippen molar-refractivity contribution < 1.29 is 4.74 Å². The summed E-state index contributed by atoms with van der Waals surface area (Å²) < 4.78 is 5.45. The minimum atomic E-state index is 0.444. The standard InChI is InChI=1S/C16H23BrO/c1-16(10-6-3-7-11-16)15(17)12-13-8-4-5-9-14(13)18-2/h4-5,8-9,15H,3,6-7,10-12H2,1-2H3. The number of methoxy groups -OCH3 is 1. The third-order valence-corrected chi connectivity index (χ3v) is 5.77. The van der Waals surface area contributed by atoms with E-state index in [1.54, 1.807) is 7.11 Å². The predicted molar refractivity (Wildman–Crippen MR) is 80.6 cm³/mol. The lowest BCUT2D eigenvalue weighted by molar-refractivity contribution is 0.210. The van der Waals surface area contributed by atoms with Gasteiger partial charge in [-0.1, -0.05) is 60.3 Å². The maximum absolute atomic E-state index is 5.45. The van der Waals surface area contributed by atoms with E-state index in [9.17, 15) is 0 Å². The Morgan fingerprint density at radius 3 is 2.56 bits per heavy atom. The van der Waals surface area contributed by atoms with E-state index in [1.807, 2.05) is 6.07 Å². The molecule has 2 heteroatoms. The summed E-state index contributed by atoms with van der Waals surface area (Å²) in [7, 11) is 1.75. The monoisotopic (exact) mass is 310 g/mol. The molecule has 1 aromatic rings. The SMILES string of the molecule is COc1ccccc1CC(Br)C1(C)CCCCC1. The average molecular weight is 311 g/mol. The molecule has 0 heterocycles. The van der Waals surface area contributed by atoms with Crippen LogP contribution in [0.1, 0.15) is 44.6 Å². The van der Waals surface area contributed by atoms with Gasteiger partial charge in [-0.05, 0) is 36.3 Å². The van der Waals surface area contributed by atoms with Gasteiger partial charge in [-0.15, -0.1) is 0 Å². The first-order chi connectivity index (χ1) is 8.65. The highest BCUT2D eigenvalue weighted by Crippen LogP contribution is 2.43. The molecule has 100 valence electrons. The summed E-state index contributed by atoms with van der Waals surface area (Å²) in [5.41, 5.74) is 1.76. The van der Waals surface area contributed by atoms with Crippen molar-refractivity contribution in [1.82, 2.24) is 0 Å². The molecule has 1 nitrogen and oxygen atoms in total. The molecule has 0 bridgehead atoms. The Kier molecular flexibility index (Phi) is 4.71. The highest BCUT2D eigenvalue weighted by Gasteiger charge is 2.34. The van der Waals surface area contributed by atoms with Crippen molar-refractivity contribution in [2.75, 3.05) is 7.11 Å². The van der Waals surface area contributed by atoms with E-state index in [0.29, 0.717) is 10.2 Å². The Labute approximate surface area is 119 Å². The topological polar surface area (TPSA) is 9.23 Å². The molecule has 0 N–H and O–H groups in total. The van der Waals surface area contributed by atoms with Gasteiger partial charge in [0.25, 0.3) is 0 Å². The number of hydrogen-bond acceptors (Lipinski definition) is 1. The molecule has 18 heavy (non-hydrogen) atoms. The average Bonchev–Trinajstić information content (AvgIpc) is 2.40. The van der Waals surface area contributed by atoms with E-state index in [4.69, 9.17) is 4.74 Å². The second-order valence-electron chi connectivity index (χ2n) is 5.70. The van der Waals surface area contributed by atoms with Crippen LogP contribution >= 0.6 is 15.9 Å². The Morgan fingerprint density at radius 1 is 1.22 bits per heavy atom. The molecule has 1 aliphatic rings. The normalized spacial score (nSPS) is 20.4. The van der Waals surface area contributed by atoms with Crippen molar-refractivity contribution in [1.29, 1.82) is 0 Å². The lowest BCUT2D eigenvalue weighted by Crippen LogP contribution is -2.31. The third-order valence-electron chi connectivity index (χ3n) is 4.34. The fourth-order valence-corrected chi connectivity index (χ4v) is 3.79. The van der Waals surface area contributed by atoms with E-state index >= 15 is 0 Å². The van der Waals surface area contributed by atoms with E-state index in [2.05, 4.69) is 41.1 Å². The maximum atomic E-state index is 5.45. The van der Waals surface area contributed by atoms with Crippen LogP contribution in [0.2, 0.25) is 0 Å². The fraction of sp³-hybridized carbons (Fsp3) is 0.625. The van der Waals surface area contributed by atoms with Gasteiger partial charge in [-0.3, -0.25) is 0 Å². The molecule has 0 aromatic heterocycles. The zero-order chi connectivity index (χ0) is 13.0. The number of para-hydroxylation sites is 1. The zero-order valence-electron chi connectivity index (χ0n) is 11.4. The lowest BCUT2D eigenvalue weighted by Gasteiger charge is -2.38. The minimum absolute atomic E-state index is 0.444. The lowest BCUT2D eigenvalue weighted by atomic mass is 9.72. The number of alkyl halides is 1. The summed E-state index contributed by atoms with van der Waals surface area (Å²) in [5.74, 6) is 1.02. The highest BCUT2D eigenvalue weighted by molar-refractivity contribution is 9.09. The van der Waals surface area contributed by atoms with Crippen LogP contribution in [0.4, 0.5) is 0 Å². The number of hydrogen-bond donors (Lipinski definition) is 0. The molecular formula is C16H23BrO. The van der Waals surface area contributed by atoms with Crippen LogP contribution in [0.25, 0.3) is 0 Å². The maximum Gasteiger partial charge on any atom is 0.122 e. The summed E-state index contributed by atoms with van der Waals surface area (Å²) in [6, 6.07) is 8.37. The summed E-state index contributed by atoms with van der Waals surface area (Å²) in [4.78, 5) is 0.543. The molecule has 0 spiro atoms.